The van der Waals surface area contributed by atoms with Crippen LogP contribution < -0.4 is 16.1 Å². The average Bonchev–Trinajstić information content (AvgIpc) is 3.71. The summed E-state index contributed by atoms with van der Waals surface area (Å²) >= 11 is 0. The van der Waals surface area contributed by atoms with Gasteiger partial charge in [-0.15, -0.1) is 0 Å². The van der Waals surface area contributed by atoms with Crippen LogP contribution in [0.3, 0.4) is 0 Å². The minimum atomic E-state index is -0.558. The van der Waals surface area contributed by atoms with Gasteiger partial charge in [-0.1, -0.05) is 20.8 Å². The summed E-state index contributed by atoms with van der Waals surface area (Å²) in [6, 6.07) is 3.75. The molecule has 5 rings (SSSR count). The summed E-state index contributed by atoms with van der Waals surface area (Å²) in [4.78, 5) is 59.6. The smallest absolute Gasteiger partial charge is 0.329 e. The number of nitrogens with one attached hydrogen (secondary N) is 1. The van der Waals surface area contributed by atoms with Gasteiger partial charge in [0.2, 0.25) is 0 Å². The molecule has 3 aromatic heterocycles. The van der Waals surface area contributed by atoms with Crippen molar-refractivity contribution in [1.29, 1.82) is 0 Å². The predicted molar refractivity (Wildman–Crippen MR) is 138 cm³/mol. The number of hydrogen-bond acceptors (Lipinski definition) is 7. The first kappa shape index (κ1) is 24.1. The second-order valence-corrected chi connectivity index (χ2v) is 10.1. The highest BCUT2D eigenvalue weighted by molar-refractivity contribution is 6.05. The van der Waals surface area contributed by atoms with Gasteiger partial charge >= 0.3 is 5.69 Å². The Labute approximate surface area is 209 Å². The Morgan fingerprint density at radius 3 is 2.44 bits per heavy atom. The fourth-order valence-electron chi connectivity index (χ4n) is 4.78. The van der Waals surface area contributed by atoms with E-state index >= 15 is 0 Å². The molecule has 1 aliphatic carbocycles. The molecule has 3 aromatic rings. The number of aromatic nitrogens is 5. The lowest BCUT2D eigenvalue weighted by molar-refractivity contribution is 0.0748. The molecule has 4 heterocycles. The van der Waals surface area contributed by atoms with E-state index in [-0.39, 0.29) is 23.1 Å². The van der Waals surface area contributed by atoms with Crippen molar-refractivity contribution >= 4 is 22.8 Å². The number of fused-ring (bicyclic) bond motifs is 1. The van der Waals surface area contributed by atoms with Gasteiger partial charge in [0.1, 0.15) is 11.6 Å². The van der Waals surface area contributed by atoms with E-state index in [1.54, 1.807) is 11.0 Å². The third-order valence-corrected chi connectivity index (χ3v) is 6.91. The molecule has 0 radical (unpaired) electrons. The lowest BCUT2D eigenvalue weighted by Crippen LogP contribution is -2.49. The average molecular weight is 492 g/mol. The number of aryl methyl sites for hydroxylation is 2. The Hall–Kier alpha value is -3.56. The zero-order valence-electron chi connectivity index (χ0n) is 21.4. The van der Waals surface area contributed by atoms with E-state index in [1.807, 2.05) is 19.9 Å². The first-order chi connectivity index (χ1) is 17.3. The molecule has 0 atom stereocenters. The van der Waals surface area contributed by atoms with Crippen molar-refractivity contribution in [2.24, 2.45) is 0 Å². The Balaban J connectivity index is 1.46. The molecule has 1 amide bonds. The molecule has 2 fully saturated rings. The molecule has 0 bridgehead atoms. The van der Waals surface area contributed by atoms with Gasteiger partial charge in [-0.25, -0.2) is 19.7 Å². The van der Waals surface area contributed by atoms with Crippen LogP contribution in [0.25, 0.3) is 11.0 Å². The largest absolute Gasteiger partial charge is 0.353 e. The van der Waals surface area contributed by atoms with Crippen LogP contribution in [0.5, 0.6) is 0 Å². The Morgan fingerprint density at radius 2 is 1.81 bits per heavy atom. The topological polar surface area (TPSA) is 117 Å². The maximum atomic E-state index is 13.8. The molecular weight excluding hydrogens is 458 g/mol. The summed E-state index contributed by atoms with van der Waals surface area (Å²) in [6.07, 6.45) is 2.72. The van der Waals surface area contributed by atoms with Crippen molar-refractivity contribution in [3.05, 3.63) is 55.7 Å². The van der Waals surface area contributed by atoms with Gasteiger partial charge in [0.25, 0.3) is 11.5 Å². The number of piperazine rings is 1. The van der Waals surface area contributed by atoms with Gasteiger partial charge in [-0.05, 0) is 32.3 Å². The summed E-state index contributed by atoms with van der Waals surface area (Å²) in [5.74, 6) is 2.01. The normalized spacial score (nSPS) is 16.2. The summed E-state index contributed by atoms with van der Waals surface area (Å²) in [7, 11) is 0. The van der Waals surface area contributed by atoms with Gasteiger partial charge in [-0.2, -0.15) is 0 Å². The first-order valence-electron chi connectivity index (χ1n) is 12.8. The van der Waals surface area contributed by atoms with Crippen molar-refractivity contribution in [1.82, 2.24) is 29.4 Å². The van der Waals surface area contributed by atoms with Crippen LogP contribution >= 0.6 is 0 Å². The summed E-state index contributed by atoms with van der Waals surface area (Å²) in [5, 5.41) is 0.202. The van der Waals surface area contributed by atoms with E-state index in [9.17, 15) is 14.4 Å². The third kappa shape index (κ3) is 4.52. The van der Waals surface area contributed by atoms with E-state index in [0.29, 0.717) is 50.4 Å². The molecular formula is C26H33N7O3. The monoisotopic (exact) mass is 491 g/mol. The molecule has 1 aliphatic heterocycles. The van der Waals surface area contributed by atoms with E-state index in [2.05, 4.69) is 28.7 Å². The lowest BCUT2D eigenvalue weighted by Gasteiger charge is -2.36. The van der Waals surface area contributed by atoms with Crippen LogP contribution in [0.15, 0.2) is 21.7 Å². The minimum Gasteiger partial charge on any atom is -0.353 e. The van der Waals surface area contributed by atoms with E-state index in [0.717, 1.165) is 35.9 Å². The molecule has 1 saturated heterocycles. The summed E-state index contributed by atoms with van der Waals surface area (Å²) < 4.78 is 1.49. The van der Waals surface area contributed by atoms with Crippen LogP contribution in [0.2, 0.25) is 0 Å². The Morgan fingerprint density at radius 1 is 1.08 bits per heavy atom. The van der Waals surface area contributed by atoms with Crippen LogP contribution in [0.4, 0.5) is 5.82 Å². The first-order valence-corrected chi connectivity index (χ1v) is 12.8. The Kier molecular flexibility index (Phi) is 6.36. The maximum Gasteiger partial charge on any atom is 0.329 e. The summed E-state index contributed by atoms with van der Waals surface area (Å²) in [6.45, 7) is 10.8. The van der Waals surface area contributed by atoms with Crippen molar-refractivity contribution in [3.63, 3.8) is 0 Å². The van der Waals surface area contributed by atoms with Crippen molar-refractivity contribution in [2.45, 2.75) is 65.3 Å². The highest BCUT2D eigenvalue weighted by Crippen LogP contribution is 2.40. The number of H-pyrrole nitrogens is 1. The molecule has 10 nitrogen and oxygen atoms in total. The molecule has 190 valence electrons. The van der Waals surface area contributed by atoms with E-state index in [1.165, 1.54) is 4.57 Å². The van der Waals surface area contributed by atoms with Crippen LogP contribution in [-0.4, -0.2) is 61.5 Å². The molecule has 10 heteroatoms. The van der Waals surface area contributed by atoms with Gasteiger partial charge in [0.05, 0.1) is 10.9 Å². The zero-order valence-corrected chi connectivity index (χ0v) is 21.4. The Bertz CT molecular complexity index is 1430. The van der Waals surface area contributed by atoms with Crippen molar-refractivity contribution < 1.29 is 4.79 Å². The van der Waals surface area contributed by atoms with Crippen LogP contribution in [0.1, 0.15) is 79.4 Å². The van der Waals surface area contributed by atoms with E-state index in [4.69, 9.17) is 9.97 Å². The highest BCUT2D eigenvalue weighted by atomic mass is 16.2. The van der Waals surface area contributed by atoms with Crippen molar-refractivity contribution in [2.75, 3.05) is 31.1 Å². The number of carbonyl (C=O) groups is 1. The molecule has 36 heavy (non-hydrogen) atoms. The number of carbonyl (C=O) groups excluding carboxylic acids is 1. The number of hydrogen-bond donors (Lipinski definition) is 1. The number of amides is 1. The molecule has 1 saturated carbocycles. The molecule has 2 aliphatic rings. The van der Waals surface area contributed by atoms with Crippen molar-refractivity contribution in [3.8, 4) is 0 Å². The molecule has 0 spiro atoms. The zero-order chi connectivity index (χ0) is 25.6. The number of anilines is 1. The van der Waals surface area contributed by atoms with Gasteiger partial charge in [-0.3, -0.25) is 19.1 Å². The standard InChI is InChI=1S/C26H33N7O3/c1-5-8-33-23-21(24(34)30-26(33)36)18(14-19(28-23)17-6-7-17)25(35)32-11-9-31(10-12-32)20-13-16(4)27-22(29-20)15(2)3/h13-15,17H,5-12H2,1-4H3,(H,30,34,36). The van der Waals surface area contributed by atoms with Gasteiger partial charge in [0, 0.05) is 62.0 Å². The predicted octanol–water partition coefficient (Wildman–Crippen LogP) is 2.56. The minimum absolute atomic E-state index is 0.196. The van der Waals surface area contributed by atoms with Crippen LogP contribution in [0, 0.1) is 6.92 Å². The highest BCUT2D eigenvalue weighted by Gasteiger charge is 2.31. The third-order valence-electron chi connectivity index (χ3n) is 6.91. The number of nitrogens with zero attached hydrogens (tertiary/aromatic N) is 6. The maximum absolute atomic E-state index is 13.8. The van der Waals surface area contributed by atoms with E-state index < -0.39 is 11.2 Å². The second kappa shape index (κ2) is 9.48. The SMILES string of the molecule is CCCn1c(=O)[nH]c(=O)c2c(C(=O)N3CCN(c4cc(C)nc(C(C)C)n4)CC3)cc(C3CC3)nc21. The lowest BCUT2D eigenvalue weighted by atomic mass is 10.1. The van der Waals surface area contributed by atoms with Gasteiger partial charge in [0.15, 0.2) is 5.65 Å². The summed E-state index contributed by atoms with van der Waals surface area (Å²) in [5.41, 5.74) is 1.32. The molecule has 0 aromatic carbocycles. The quantitative estimate of drug-likeness (QED) is 0.563. The molecule has 1 N–H and O–H groups in total. The number of aromatic amines is 1. The van der Waals surface area contributed by atoms with Crippen LogP contribution in [-0.2, 0) is 6.54 Å². The fourth-order valence-corrected chi connectivity index (χ4v) is 4.78. The van der Waals surface area contributed by atoms with Gasteiger partial charge < -0.3 is 9.80 Å². The fraction of sp³-hybridized carbons (Fsp3) is 0.538. The number of rotatable bonds is 6. The number of pyridine rings is 1. The molecule has 0 unspecified atom stereocenters. The second-order valence-electron chi connectivity index (χ2n) is 10.1.